The molecule has 5 nitrogen and oxygen atoms in total. The molecule has 0 fully saturated rings. The van der Waals surface area contributed by atoms with Gasteiger partial charge in [0.1, 0.15) is 11.5 Å². The first-order valence-electron chi connectivity index (χ1n) is 6.19. The van der Waals surface area contributed by atoms with Gasteiger partial charge in [-0.05, 0) is 26.8 Å². The Kier molecular flexibility index (Phi) is 5.63. The van der Waals surface area contributed by atoms with E-state index >= 15 is 0 Å². The molecule has 0 saturated heterocycles. The van der Waals surface area contributed by atoms with E-state index in [1.807, 2.05) is 13.0 Å². The van der Waals surface area contributed by atoms with E-state index < -0.39 is 5.97 Å². The second-order valence-electron chi connectivity index (χ2n) is 4.52. The van der Waals surface area contributed by atoms with Crippen molar-refractivity contribution in [2.75, 3.05) is 13.7 Å². The molecule has 0 aliphatic heterocycles. The molecule has 0 unspecified atom stereocenters. The first kappa shape index (κ1) is 15.3. The van der Waals surface area contributed by atoms with Gasteiger partial charge in [0, 0.05) is 17.7 Å². The predicted molar refractivity (Wildman–Crippen MR) is 72.3 cm³/mol. The molecule has 0 aliphatic rings. The van der Waals surface area contributed by atoms with Crippen LogP contribution in [0.1, 0.15) is 32.4 Å². The van der Waals surface area contributed by atoms with E-state index in [0.29, 0.717) is 11.5 Å². The van der Waals surface area contributed by atoms with Gasteiger partial charge in [0.25, 0.3) is 0 Å². The van der Waals surface area contributed by atoms with Crippen LogP contribution in [0.25, 0.3) is 0 Å². The minimum Gasteiger partial charge on any atom is -0.497 e. The number of rotatable bonds is 6. The Morgan fingerprint density at radius 3 is 2.53 bits per heavy atom. The summed E-state index contributed by atoms with van der Waals surface area (Å²) < 4.78 is 15.6. The summed E-state index contributed by atoms with van der Waals surface area (Å²) in [4.78, 5) is 11.5. The monoisotopic (exact) mass is 267 g/mol. The number of nitrogens with two attached hydrogens (primary N) is 1. The van der Waals surface area contributed by atoms with Crippen molar-refractivity contribution in [2.45, 2.75) is 32.9 Å². The SMILES string of the molecule is COc1ccc([C@H](C)N)c(OCC(=O)OC(C)C)c1. The van der Waals surface area contributed by atoms with Crippen LogP contribution >= 0.6 is 0 Å². The predicted octanol–water partition coefficient (Wildman–Crippen LogP) is 2.05. The Morgan fingerprint density at radius 1 is 1.32 bits per heavy atom. The largest absolute Gasteiger partial charge is 0.497 e. The van der Waals surface area contributed by atoms with E-state index in [-0.39, 0.29) is 18.8 Å². The van der Waals surface area contributed by atoms with Crippen molar-refractivity contribution in [3.63, 3.8) is 0 Å². The zero-order valence-electron chi connectivity index (χ0n) is 11.8. The molecule has 5 heteroatoms. The first-order valence-corrected chi connectivity index (χ1v) is 6.19. The maximum absolute atomic E-state index is 11.5. The third kappa shape index (κ3) is 4.79. The Balaban J connectivity index is 2.77. The lowest BCUT2D eigenvalue weighted by Gasteiger charge is -2.15. The van der Waals surface area contributed by atoms with Crippen LogP contribution in [-0.4, -0.2) is 25.8 Å². The fourth-order valence-electron chi connectivity index (χ4n) is 1.58. The number of methoxy groups -OCH3 is 1. The van der Waals surface area contributed by atoms with Gasteiger partial charge in [-0.2, -0.15) is 0 Å². The molecule has 0 heterocycles. The summed E-state index contributed by atoms with van der Waals surface area (Å²) >= 11 is 0. The Labute approximate surface area is 113 Å². The van der Waals surface area contributed by atoms with Gasteiger partial charge in [-0.25, -0.2) is 4.79 Å². The summed E-state index contributed by atoms with van der Waals surface area (Å²) in [5.74, 6) is 0.778. The molecule has 0 amide bonds. The van der Waals surface area contributed by atoms with Crippen molar-refractivity contribution in [1.82, 2.24) is 0 Å². The maximum Gasteiger partial charge on any atom is 0.344 e. The highest BCUT2D eigenvalue weighted by Gasteiger charge is 2.12. The normalized spacial score (nSPS) is 12.1. The number of hydrogen-bond donors (Lipinski definition) is 1. The van der Waals surface area contributed by atoms with Crippen LogP contribution in [0, 0.1) is 0 Å². The number of benzene rings is 1. The average molecular weight is 267 g/mol. The average Bonchev–Trinajstić information content (AvgIpc) is 2.34. The molecule has 0 aliphatic carbocycles. The van der Waals surface area contributed by atoms with E-state index in [1.54, 1.807) is 33.1 Å². The maximum atomic E-state index is 11.5. The Bertz CT molecular complexity index is 429. The Morgan fingerprint density at radius 2 is 2.00 bits per heavy atom. The van der Waals surface area contributed by atoms with Crippen LogP contribution in [-0.2, 0) is 9.53 Å². The number of ether oxygens (including phenoxy) is 3. The third-order valence-electron chi connectivity index (χ3n) is 2.42. The summed E-state index contributed by atoms with van der Waals surface area (Å²) in [5.41, 5.74) is 6.67. The number of carbonyl (C=O) groups is 1. The summed E-state index contributed by atoms with van der Waals surface area (Å²) in [6.07, 6.45) is -0.158. The molecular formula is C14H21NO4. The van der Waals surface area contributed by atoms with E-state index in [0.717, 1.165) is 5.56 Å². The summed E-state index contributed by atoms with van der Waals surface area (Å²) in [5, 5.41) is 0. The third-order valence-corrected chi connectivity index (χ3v) is 2.42. The molecule has 106 valence electrons. The molecule has 19 heavy (non-hydrogen) atoms. The minimum atomic E-state index is -0.409. The second-order valence-corrected chi connectivity index (χ2v) is 4.52. The first-order chi connectivity index (χ1) is 8.93. The number of esters is 1. The molecule has 1 rings (SSSR count). The molecule has 2 N–H and O–H groups in total. The van der Waals surface area contributed by atoms with E-state index in [4.69, 9.17) is 19.9 Å². The lowest BCUT2D eigenvalue weighted by Crippen LogP contribution is -2.19. The van der Waals surface area contributed by atoms with Gasteiger partial charge in [-0.3, -0.25) is 0 Å². The zero-order valence-corrected chi connectivity index (χ0v) is 11.8. The minimum absolute atomic E-state index is 0.148. The van der Waals surface area contributed by atoms with Crippen LogP contribution in [0.3, 0.4) is 0 Å². The summed E-state index contributed by atoms with van der Waals surface area (Å²) in [7, 11) is 1.57. The molecule has 1 aromatic carbocycles. The van der Waals surface area contributed by atoms with Crippen LogP contribution in [0.15, 0.2) is 18.2 Å². The van der Waals surface area contributed by atoms with Crippen molar-refractivity contribution in [1.29, 1.82) is 0 Å². The highest BCUT2D eigenvalue weighted by molar-refractivity contribution is 5.71. The molecule has 0 radical (unpaired) electrons. The van der Waals surface area contributed by atoms with Crippen LogP contribution < -0.4 is 15.2 Å². The van der Waals surface area contributed by atoms with E-state index in [9.17, 15) is 4.79 Å². The summed E-state index contributed by atoms with van der Waals surface area (Å²) in [6, 6.07) is 5.15. The zero-order chi connectivity index (χ0) is 14.4. The molecule has 0 saturated carbocycles. The number of carbonyl (C=O) groups excluding carboxylic acids is 1. The van der Waals surface area contributed by atoms with Gasteiger partial charge >= 0.3 is 5.97 Å². The number of hydrogen-bond acceptors (Lipinski definition) is 5. The van der Waals surface area contributed by atoms with Gasteiger partial charge in [-0.1, -0.05) is 6.07 Å². The van der Waals surface area contributed by atoms with Crippen LogP contribution in [0.2, 0.25) is 0 Å². The highest BCUT2D eigenvalue weighted by Crippen LogP contribution is 2.28. The fraction of sp³-hybridized carbons (Fsp3) is 0.500. The lowest BCUT2D eigenvalue weighted by molar-refractivity contribution is -0.149. The van der Waals surface area contributed by atoms with Gasteiger partial charge in [0.15, 0.2) is 6.61 Å². The molecular weight excluding hydrogens is 246 g/mol. The Hall–Kier alpha value is -1.75. The quantitative estimate of drug-likeness (QED) is 0.799. The van der Waals surface area contributed by atoms with Crippen molar-refractivity contribution in [3.05, 3.63) is 23.8 Å². The summed E-state index contributed by atoms with van der Waals surface area (Å²) in [6.45, 7) is 5.28. The van der Waals surface area contributed by atoms with Crippen LogP contribution in [0.5, 0.6) is 11.5 Å². The molecule has 0 aromatic heterocycles. The molecule has 1 aromatic rings. The van der Waals surface area contributed by atoms with Crippen LogP contribution in [0.4, 0.5) is 0 Å². The lowest BCUT2D eigenvalue weighted by atomic mass is 10.1. The van der Waals surface area contributed by atoms with Gasteiger partial charge < -0.3 is 19.9 Å². The molecule has 0 bridgehead atoms. The van der Waals surface area contributed by atoms with Crippen molar-refractivity contribution >= 4 is 5.97 Å². The van der Waals surface area contributed by atoms with Crippen molar-refractivity contribution < 1.29 is 19.0 Å². The second kappa shape index (κ2) is 6.99. The van der Waals surface area contributed by atoms with Gasteiger partial charge in [0.2, 0.25) is 0 Å². The van der Waals surface area contributed by atoms with E-state index in [1.165, 1.54) is 0 Å². The van der Waals surface area contributed by atoms with Gasteiger partial charge in [-0.15, -0.1) is 0 Å². The highest BCUT2D eigenvalue weighted by atomic mass is 16.6. The van der Waals surface area contributed by atoms with Crippen molar-refractivity contribution in [2.24, 2.45) is 5.73 Å². The van der Waals surface area contributed by atoms with Crippen molar-refractivity contribution in [3.8, 4) is 11.5 Å². The molecule has 0 spiro atoms. The smallest absolute Gasteiger partial charge is 0.344 e. The topological polar surface area (TPSA) is 70.8 Å². The fourth-order valence-corrected chi connectivity index (χ4v) is 1.58. The molecule has 1 atom stereocenters. The standard InChI is InChI=1S/C14H21NO4/c1-9(2)19-14(16)8-18-13-7-11(17-4)5-6-12(13)10(3)15/h5-7,9-10H,8,15H2,1-4H3/t10-/m0/s1. The van der Waals surface area contributed by atoms with Gasteiger partial charge in [0.05, 0.1) is 13.2 Å². The van der Waals surface area contributed by atoms with E-state index in [2.05, 4.69) is 0 Å².